The van der Waals surface area contributed by atoms with E-state index in [1.54, 1.807) is 5.56 Å². The van der Waals surface area contributed by atoms with Crippen LogP contribution < -0.4 is 14.7 Å². The van der Waals surface area contributed by atoms with Crippen LogP contribution in [0.15, 0.2) is 103 Å². The van der Waals surface area contributed by atoms with Gasteiger partial charge in [-0.2, -0.15) is 0 Å². The third-order valence-corrected chi connectivity index (χ3v) is 19.3. The molecule has 0 bridgehead atoms. The Bertz CT molecular complexity index is 3150. The molecule has 5 unspecified atom stereocenters. The summed E-state index contributed by atoms with van der Waals surface area (Å²) in [6, 6.07) is 42.0. The monoisotopic (exact) mass is 898 g/mol. The van der Waals surface area contributed by atoms with E-state index in [-0.39, 0.29) is 44.1 Å². The molecule has 0 spiro atoms. The van der Waals surface area contributed by atoms with E-state index >= 15 is 0 Å². The van der Waals surface area contributed by atoms with Gasteiger partial charge in [0.15, 0.2) is 0 Å². The van der Waals surface area contributed by atoms with Crippen LogP contribution >= 0.6 is 0 Å². The average molecular weight is 898 g/mol. The van der Waals surface area contributed by atoms with Crippen LogP contribution in [-0.4, -0.2) is 5.54 Å². The largest absolute Gasteiger partial charge is 0.334 e. The molecule has 0 saturated heterocycles. The molecule has 3 nitrogen and oxygen atoms in total. The Labute approximate surface area is 409 Å². The van der Waals surface area contributed by atoms with E-state index in [1.165, 1.54) is 127 Å². The minimum Gasteiger partial charge on any atom is -0.334 e. The first-order valence-corrected chi connectivity index (χ1v) is 26.1. The molecular formula is C65H75N3. The molecule has 6 aromatic carbocycles. The van der Waals surface area contributed by atoms with E-state index in [9.17, 15) is 0 Å². The summed E-state index contributed by atoms with van der Waals surface area (Å²) in [4.78, 5) is 8.52. The Morgan fingerprint density at radius 3 is 1.90 bits per heavy atom. The lowest BCUT2D eigenvalue weighted by atomic mass is 9.59. The molecule has 0 amide bonds. The number of anilines is 7. The second-order valence-electron chi connectivity index (χ2n) is 26.2. The quantitative estimate of drug-likeness (QED) is 0.171. The fraction of sp³-hybridized carbons (Fsp3) is 0.446. The maximum Gasteiger partial charge on any atom is 0.0771 e. The zero-order valence-corrected chi connectivity index (χ0v) is 44.0. The van der Waals surface area contributed by atoms with Gasteiger partial charge in [-0.25, -0.2) is 0 Å². The van der Waals surface area contributed by atoms with Crippen molar-refractivity contribution in [1.29, 1.82) is 0 Å². The third-order valence-electron chi connectivity index (χ3n) is 19.3. The van der Waals surface area contributed by atoms with Gasteiger partial charge in [0.2, 0.25) is 0 Å². The molecule has 68 heavy (non-hydrogen) atoms. The Morgan fingerprint density at radius 1 is 0.500 bits per heavy atom. The van der Waals surface area contributed by atoms with Crippen LogP contribution in [0.4, 0.5) is 39.8 Å². The number of aryl methyl sites for hydroxylation is 3. The number of rotatable bonds is 2. The number of benzene rings is 6. The van der Waals surface area contributed by atoms with Crippen LogP contribution in [0.1, 0.15) is 195 Å². The molecule has 4 aliphatic heterocycles. The summed E-state index contributed by atoms with van der Waals surface area (Å²) in [7, 11) is 0. The Balaban J connectivity index is 1.25. The lowest BCUT2D eigenvalue weighted by molar-refractivity contribution is 0.194. The lowest BCUT2D eigenvalue weighted by Crippen LogP contribution is -2.55. The van der Waals surface area contributed by atoms with Crippen LogP contribution in [0.5, 0.6) is 0 Å². The SMILES string of the molecule is Cc1cc(C)c2c3c1C1c4ccc(C(C)(C)C)cc4N(c4cccc(C(C)(C)C)c4)c4cc(N5c6ccc(C(C)(C)C)cc6C6(C)CCc7ccccc7C56C)cc(c41)N3C1(C)CCCCC21C. The van der Waals surface area contributed by atoms with Gasteiger partial charge in [0.25, 0.3) is 0 Å². The van der Waals surface area contributed by atoms with E-state index in [0.29, 0.717) is 0 Å². The van der Waals surface area contributed by atoms with Crippen molar-refractivity contribution in [2.24, 2.45) is 0 Å². The fourth-order valence-electron chi connectivity index (χ4n) is 15.2. The maximum atomic E-state index is 2.96. The van der Waals surface area contributed by atoms with Crippen molar-refractivity contribution >= 4 is 39.8 Å². The highest BCUT2D eigenvalue weighted by Crippen LogP contribution is 2.72. The molecule has 0 N–H and O–H groups in total. The topological polar surface area (TPSA) is 9.72 Å². The van der Waals surface area contributed by atoms with Crippen molar-refractivity contribution in [3.63, 3.8) is 0 Å². The standard InChI is InChI=1S/C65H75N3/c1-39-33-40(2)57-58-54(39)55-47-27-25-44(61(9,10)11)36-51(47)66(45-23-20-22-42(34-45)59(3,4)5)52-37-46(38-53(56(52)55)68(58)64(14)31-19-18-30-63(57,64)13)67-50-28-26-43(60(6,7)8)35-49(50)62(12)32-29-41-21-16-17-24-48(41)65(62,67)15/h16-17,20-28,33-38,55H,18-19,29-32H2,1-15H3. The van der Waals surface area contributed by atoms with Gasteiger partial charge >= 0.3 is 0 Å². The summed E-state index contributed by atoms with van der Waals surface area (Å²) < 4.78 is 0. The summed E-state index contributed by atoms with van der Waals surface area (Å²) in [5.74, 6) is 0.0922. The normalized spacial score (nSPS) is 26.4. The van der Waals surface area contributed by atoms with E-state index in [1.807, 2.05) is 0 Å². The van der Waals surface area contributed by atoms with Crippen LogP contribution in [0.3, 0.4) is 0 Å². The van der Waals surface area contributed by atoms with Crippen LogP contribution in [0.2, 0.25) is 0 Å². The summed E-state index contributed by atoms with van der Waals surface area (Å²) in [5, 5.41) is 0. The molecule has 0 radical (unpaired) electrons. The molecule has 5 atom stereocenters. The Hall–Kier alpha value is -5.28. The first-order valence-electron chi connectivity index (χ1n) is 26.1. The first-order chi connectivity index (χ1) is 31.9. The highest BCUT2D eigenvalue weighted by Gasteiger charge is 2.63. The van der Waals surface area contributed by atoms with Crippen LogP contribution in [0, 0.1) is 13.8 Å². The molecule has 6 aromatic rings. The summed E-state index contributed by atoms with van der Waals surface area (Å²) in [6.07, 6.45) is 7.10. The molecule has 0 aromatic heterocycles. The molecule has 1 fully saturated rings. The van der Waals surface area contributed by atoms with Gasteiger partial charge in [-0.15, -0.1) is 0 Å². The average Bonchev–Trinajstić information content (AvgIpc) is 3.63. The van der Waals surface area contributed by atoms with E-state index in [4.69, 9.17) is 0 Å². The summed E-state index contributed by atoms with van der Waals surface area (Å²) >= 11 is 0. The Morgan fingerprint density at radius 2 is 1.16 bits per heavy atom. The van der Waals surface area contributed by atoms with E-state index in [2.05, 4.69) is 222 Å². The van der Waals surface area contributed by atoms with E-state index in [0.717, 1.165) is 12.8 Å². The van der Waals surface area contributed by atoms with Gasteiger partial charge in [-0.05, 0) is 167 Å². The van der Waals surface area contributed by atoms with Crippen molar-refractivity contribution in [2.45, 2.75) is 186 Å². The van der Waals surface area contributed by atoms with E-state index < -0.39 is 0 Å². The summed E-state index contributed by atoms with van der Waals surface area (Å²) in [6.45, 7) is 36.7. The third kappa shape index (κ3) is 5.48. The van der Waals surface area contributed by atoms with Gasteiger partial charge < -0.3 is 14.7 Å². The zero-order chi connectivity index (χ0) is 48.0. The predicted octanol–water partition coefficient (Wildman–Crippen LogP) is 17.5. The molecule has 350 valence electrons. The highest BCUT2D eigenvalue weighted by molar-refractivity contribution is 6.00. The fourth-order valence-corrected chi connectivity index (χ4v) is 15.2. The van der Waals surface area contributed by atoms with Crippen molar-refractivity contribution in [3.05, 3.63) is 170 Å². The number of nitrogens with zero attached hydrogens (tertiary/aromatic N) is 3. The predicted molar refractivity (Wildman–Crippen MR) is 288 cm³/mol. The van der Waals surface area contributed by atoms with Crippen molar-refractivity contribution in [2.75, 3.05) is 14.7 Å². The molecule has 6 aliphatic rings. The van der Waals surface area contributed by atoms with Gasteiger partial charge in [0, 0.05) is 39.4 Å². The molecule has 1 saturated carbocycles. The van der Waals surface area contributed by atoms with Gasteiger partial charge in [-0.1, -0.05) is 156 Å². The maximum absolute atomic E-state index is 2.96. The van der Waals surface area contributed by atoms with Crippen LogP contribution in [-0.2, 0) is 39.0 Å². The number of hydrogen-bond acceptors (Lipinski definition) is 3. The number of hydrogen-bond donors (Lipinski definition) is 0. The molecular weight excluding hydrogens is 823 g/mol. The van der Waals surface area contributed by atoms with Gasteiger partial charge in [0.05, 0.1) is 33.8 Å². The Kier molecular flexibility index (Phi) is 8.88. The molecule has 2 aliphatic carbocycles. The highest BCUT2D eigenvalue weighted by atomic mass is 15.3. The molecule has 3 heteroatoms. The lowest BCUT2D eigenvalue weighted by Gasteiger charge is -2.54. The first kappa shape index (κ1) is 44.0. The zero-order valence-electron chi connectivity index (χ0n) is 44.0. The second kappa shape index (κ2) is 13.7. The minimum atomic E-state index is -0.344. The summed E-state index contributed by atoms with van der Waals surface area (Å²) in [5.41, 5.74) is 26.4. The second-order valence-corrected chi connectivity index (χ2v) is 26.2. The number of fused-ring (bicyclic) bond motifs is 12. The minimum absolute atomic E-state index is 0.00974. The molecule has 4 heterocycles. The molecule has 12 rings (SSSR count). The smallest absolute Gasteiger partial charge is 0.0771 e. The van der Waals surface area contributed by atoms with Crippen molar-refractivity contribution < 1.29 is 0 Å². The van der Waals surface area contributed by atoms with Gasteiger partial charge in [0.1, 0.15) is 0 Å². The van der Waals surface area contributed by atoms with Crippen molar-refractivity contribution in [1.82, 2.24) is 0 Å². The van der Waals surface area contributed by atoms with Crippen molar-refractivity contribution in [3.8, 4) is 0 Å². The van der Waals surface area contributed by atoms with Gasteiger partial charge in [-0.3, -0.25) is 0 Å². The van der Waals surface area contributed by atoms with Crippen LogP contribution in [0.25, 0.3) is 0 Å².